The quantitative estimate of drug-likeness (QED) is 0.789. The molecule has 1 aliphatic heterocycles. The third-order valence-corrected chi connectivity index (χ3v) is 6.42. The van der Waals surface area contributed by atoms with Crippen LogP contribution in [-0.4, -0.2) is 50.2 Å². The van der Waals surface area contributed by atoms with Crippen molar-refractivity contribution in [2.75, 3.05) is 25.1 Å². The molecule has 0 amide bonds. The van der Waals surface area contributed by atoms with Crippen LogP contribution in [-0.2, 0) is 9.84 Å². The van der Waals surface area contributed by atoms with Crippen LogP contribution in [0, 0.1) is 0 Å². The van der Waals surface area contributed by atoms with Gasteiger partial charge in [0.1, 0.15) is 4.34 Å². The van der Waals surface area contributed by atoms with E-state index in [4.69, 9.17) is 23.2 Å². The first-order valence-electron chi connectivity index (χ1n) is 5.67. The molecule has 1 unspecified atom stereocenters. The van der Waals surface area contributed by atoms with Gasteiger partial charge in [0, 0.05) is 6.04 Å². The zero-order valence-corrected chi connectivity index (χ0v) is 13.4. The third-order valence-electron chi connectivity index (χ3n) is 3.18. The molecule has 1 atom stereocenters. The van der Waals surface area contributed by atoms with Gasteiger partial charge in [-0.05, 0) is 19.5 Å². The zero-order valence-electron chi connectivity index (χ0n) is 10.2. The molecule has 0 bridgehead atoms. The minimum absolute atomic E-state index is 0.0955. The number of halogens is 2. The van der Waals surface area contributed by atoms with Crippen molar-refractivity contribution >= 4 is 50.2 Å². The number of thiophene rings is 1. The summed E-state index contributed by atoms with van der Waals surface area (Å²) in [6.45, 7) is 0.146. The molecular weight excluding hydrogens is 329 g/mol. The standard InChI is InChI=1S/C11H13Cl2NO3S2/c1-14(7-2-3-19(16,17)6-7)5-9(15)8-4-10(12)18-11(8)13/h4,7H,2-3,5-6H2,1H3. The summed E-state index contributed by atoms with van der Waals surface area (Å²) in [6.07, 6.45) is 0.574. The summed E-state index contributed by atoms with van der Waals surface area (Å²) in [5.41, 5.74) is 0.407. The Morgan fingerprint density at radius 2 is 2.21 bits per heavy atom. The van der Waals surface area contributed by atoms with Crippen molar-refractivity contribution in [3.8, 4) is 0 Å². The number of Topliss-reactive ketones (excluding diaryl/α,β-unsaturated/α-hetero) is 1. The van der Waals surface area contributed by atoms with E-state index in [1.165, 1.54) is 0 Å². The van der Waals surface area contributed by atoms with Crippen molar-refractivity contribution in [3.63, 3.8) is 0 Å². The number of sulfone groups is 1. The highest BCUT2D eigenvalue weighted by Crippen LogP contribution is 2.31. The molecule has 19 heavy (non-hydrogen) atoms. The second-order valence-electron chi connectivity index (χ2n) is 4.63. The molecule has 1 fully saturated rings. The normalized spacial score (nSPS) is 22.0. The molecule has 2 heterocycles. The second-order valence-corrected chi connectivity index (χ2v) is 9.15. The van der Waals surface area contributed by atoms with Gasteiger partial charge in [-0.15, -0.1) is 11.3 Å². The lowest BCUT2D eigenvalue weighted by atomic mass is 10.2. The summed E-state index contributed by atoms with van der Waals surface area (Å²) < 4.78 is 23.7. The van der Waals surface area contributed by atoms with Crippen molar-refractivity contribution in [2.24, 2.45) is 0 Å². The number of carbonyl (C=O) groups excluding carboxylic acids is 1. The van der Waals surface area contributed by atoms with Gasteiger partial charge in [-0.2, -0.15) is 0 Å². The van der Waals surface area contributed by atoms with E-state index in [2.05, 4.69) is 0 Å². The minimum Gasteiger partial charge on any atom is -0.295 e. The molecule has 1 aromatic rings. The molecule has 0 saturated carbocycles. The highest BCUT2D eigenvalue weighted by molar-refractivity contribution is 7.91. The van der Waals surface area contributed by atoms with Gasteiger partial charge in [0.15, 0.2) is 15.6 Å². The fraction of sp³-hybridized carbons (Fsp3) is 0.545. The van der Waals surface area contributed by atoms with Crippen LogP contribution in [0.15, 0.2) is 6.07 Å². The second kappa shape index (κ2) is 5.69. The third kappa shape index (κ3) is 3.70. The Morgan fingerprint density at radius 3 is 2.68 bits per heavy atom. The lowest BCUT2D eigenvalue weighted by Crippen LogP contribution is -2.36. The van der Waals surface area contributed by atoms with Crippen molar-refractivity contribution in [3.05, 3.63) is 20.3 Å². The first kappa shape index (κ1) is 15.3. The molecule has 0 radical (unpaired) electrons. The molecule has 1 aliphatic rings. The van der Waals surface area contributed by atoms with E-state index in [1.807, 2.05) is 0 Å². The van der Waals surface area contributed by atoms with E-state index in [0.717, 1.165) is 11.3 Å². The Balaban J connectivity index is 2.02. The molecule has 1 aromatic heterocycles. The Labute approximate surface area is 126 Å². The SMILES string of the molecule is CN(CC(=O)c1cc(Cl)sc1Cl)C1CCS(=O)(=O)C1. The number of hydrogen-bond donors (Lipinski definition) is 0. The molecule has 0 aliphatic carbocycles. The van der Waals surface area contributed by atoms with Gasteiger partial charge in [-0.25, -0.2) is 8.42 Å². The van der Waals surface area contributed by atoms with Crippen molar-refractivity contribution in [1.82, 2.24) is 4.90 Å². The topological polar surface area (TPSA) is 54.5 Å². The number of rotatable bonds is 4. The number of nitrogens with zero attached hydrogens (tertiary/aromatic N) is 1. The van der Waals surface area contributed by atoms with Crippen LogP contribution in [0.5, 0.6) is 0 Å². The first-order valence-corrected chi connectivity index (χ1v) is 9.06. The van der Waals surface area contributed by atoms with Crippen LogP contribution in [0.2, 0.25) is 8.67 Å². The summed E-state index contributed by atoms with van der Waals surface area (Å²) in [5.74, 6) is 0.177. The maximum Gasteiger partial charge on any atom is 0.179 e. The van der Waals surface area contributed by atoms with Gasteiger partial charge in [0.2, 0.25) is 0 Å². The van der Waals surface area contributed by atoms with Crippen LogP contribution in [0.4, 0.5) is 0 Å². The Hall–Kier alpha value is -0.140. The molecule has 0 aromatic carbocycles. The van der Waals surface area contributed by atoms with Crippen LogP contribution in [0.3, 0.4) is 0 Å². The predicted molar refractivity (Wildman–Crippen MR) is 78.4 cm³/mol. The fourth-order valence-corrected chi connectivity index (χ4v) is 5.40. The van der Waals surface area contributed by atoms with Crippen molar-refractivity contribution in [2.45, 2.75) is 12.5 Å². The van der Waals surface area contributed by atoms with E-state index in [0.29, 0.717) is 20.7 Å². The van der Waals surface area contributed by atoms with E-state index in [-0.39, 0.29) is 29.9 Å². The van der Waals surface area contributed by atoms with Crippen LogP contribution >= 0.6 is 34.5 Å². The maximum atomic E-state index is 12.1. The number of hydrogen-bond acceptors (Lipinski definition) is 5. The summed E-state index contributed by atoms with van der Waals surface area (Å²) in [4.78, 5) is 13.9. The molecule has 0 spiro atoms. The van der Waals surface area contributed by atoms with Gasteiger partial charge in [-0.1, -0.05) is 23.2 Å². The smallest absolute Gasteiger partial charge is 0.179 e. The molecule has 106 valence electrons. The first-order chi connectivity index (χ1) is 8.78. The zero-order chi connectivity index (χ0) is 14.2. The average Bonchev–Trinajstić information content (AvgIpc) is 2.81. The number of ketones is 1. The van der Waals surface area contributed by atoms with E-state index in [1.54, 1.807) is 18.0 Å². The minimum atomic E-state index is -2.94. The molecule has 0 N–H and O–H groups in total. The number of carbonyl (C=O) groups is 1. The largest absolute Gasteiger partial charge is 0.295 e. The van der Waals surface area contributed by atoms with Gasteiger partial charge in [0.25, 0.3) is 0 Å². The van der Waals surface area contributed by atoms with Crippen LogP contribution < -0.4 is 0 Å². The summed E-state index contributed by atoms with van der Waals surface area (Å²) in [7, 11) is -1.19. The summed E-state index contributed by atoms with van der Waals surface area (Å²) in [6, 6.07) is 1.46. The molecule has 8 heteroatoms. The van der Waals surface area contributed by atoms with Crippen LogP contribution in [0.25, 0.3) is 0 Å². The monoisotopic (exact) mass is 341 g/mol. The van der Waals surface area contributed by atoms with E-state index < -0.39 is 9.84 Å². The van der Waals surface area contributed by atoms with Gasteiger partial charge >= 0.3 is 0 Å². The maximum absolute atomic E-state index is 12.1. The van der Waals surface area contributed by atoms with Crippen molar-refractivity contribution < 1.29 is 13.2 Å². The molecule has 4 nitrogen and oxygen atoms in total. The fourth-order valence-electron chi connectivity index (χ4n) is 2.09. The van der Waals surface area contributed by atoms with Crippen molar-refractivity contribution in [1.29, 1.82) is 0 Å². The Morgan fingerprint density at radius 1 is 1.53 bits per heavy atom. The summed E-state index contributed by atoms with van der Waals surface area (Å²) >= 11 is 12.9. The van der Waals surface area contributed by atoms with E-state index >= 15 is 0 Å². The average molecular weight is 342 g/mol. The lowest BCUT2D eigenvalue weighted by Gasteiger charge is -2.21. The molecule has 1 saturated heterocycles. The van der Waals surface area contributed by atoms with Crippen LogP contribution in [0.1, 0.15) is 16.8 Å². The highest BCUT2D eigenvalue weighted by Gasteiger charge is 2.31. The summed E-state index contributed by atoms with van der Waals surface area (Å²) in [5, 5.41) is 0. The molecule has 2 rings (SSSR count). The number of likely N-dealkylation sites (N-methyl/N-ethyl adjacent to an activating group) is 1. The Bertz CT molecular complexity index is 597. The lowest BCUT2D eigenvalue weighted by molar-refractivity contribution is 0.0927. The van der Waals surface area contributed by atoms with E-state index in [9.17, 15) is 13.2 Å². The predicted octanol–water partition coefficient (Wildman–Crippen LogP) is 2.36. The van der Waals surface area contributed by atoms with Gasteiger partial charge in [0.05, 0.1) is 28.0 Å². The highest BCUT2D eigenvalue weighted by atomic mass is 35.5. The Kier molecular flexibility index (Phi) is 4.57. The van der Waals surface area contributed by atoms with Gasteiger partial charge < -0.3 is 0 Å². The molecular formula is C11H13Cl2NO3S2. The van der Waals surface area contributed by atoms with Gasteiger partial charge in [-0.3, -0.25) is 9.69 Å².